The molecule has 1 fully saturated rings. The van der Waals surface area contributed by atoms with E-state index in [2.05, 4.69) is 44.8 Å². The third-order valence-electron chi connectivity index (χ3n) is 5.02. The molecule has 1 saturated heterocycles. The molecule has 0 aromatic carbocycles. The first-order chi connectivity index (χ1) is 8.49. The lowest BCUT2D eigenvalue weighted by atomic mass is 9.85. The fourth-order valence-corrected chi connectivity index (χ4v) is 2.85. The first-order valence-electron chi connectivity index (χ1n) is 8.00. The van der Waals surface area contributed by atoms with Crippen molar-refractivity contribution >= 4 is 0 Å². The van der Waals surface area contributed by atoms with Crippen molar-refractivity contribution in [2.75, 3.05) is 19.6 Å². The number of piperazine rings is 1. The minimum atomic E-state index is 0.319. The molecule has 108 valence electrons. The summed E-state index contributed by atoms with van der Waals surface area (Å²) in [7, 11) is 0. The van der Waals surface area contributed by atoms with Crippen LogP contribution in [-0.2, 0) is 0 Å². The molecule has 2 nitrogen and oxygen atoms in total. The summed E-state index contributed by atoms with van der Waals surface area (Å²) >= 11 is 0. The summed E-state index contributed by atoms with van der Waals surface area (Å²) in [6.45, 7) is 15.3. The fraction of sp³-hybridized carbons (Fsp3) is 1.00. The zero-order valence-electron chi connectivity index (χ0n) is 13.3. The predicted molar refractivity (Wildman–Crippen MR) is 81.1 cm³/mol. The van der Waals surface area contributed by atoms with Crippen LogP contribution in [0.25, 0.3) is 0 Å². The van der Waals surface area contributed by atoms with Crippen LogP contribution in [0.4, 0.5) is 0 Å². The number of nitrogens with zero attached hydrogens (tertiary/aromatic N) is 1. The molecular weight excluding hydrogens is 220 g/mol. The minimum absolute atomic E-state index is 0.319. The van der Waals surface area contributed by atoms with Crippen molar-refractivity contribution in [3.63, 3.8) is 0 Å². The van der Waals surface area contributed by atoms with Gasteiger partial charge in [0.25, 0.3) is 0 Å². The Bertz CT molecular complexity index is 241. The van der Waals surface area contributed by atoms with E-state index in [1.807, 2.05) is 0 Å². The monoisotopic (exact) mass is 254 g/mol. The molecule has 1 heterocycles. The van der Waals surface area contributed by atoms with Gasteiger partial charge in [0.05, 0.1) is 0 Å². The molecule has 2 unspecified atom stereocenters. The molecule has 2 atom stereocenters. The van der Waals surface area contributed by atoms with Gasteiger partial charge >= 0.3 is 0 Å². The fourth-order valence-electron chi connectivity index (χ4n) is 2.85. The molecule has 0 amide bonds. The Morgan fingerprint density at radius 1 is 1.00 bits per heavy atom. The molecule has 1 aliphatic heterocycles. The topological polar surface area (TPSA) is 15.3 Å². The Labute approximate surface area is 115 Å². The van der Waals surface area contributed by atoms with E-state index in [0.717, 1.165) is 6.54 Å². The molecule has 0 aromatic rings. The highest BCUT2D eigenvalue weighted by atomic mass is 15.3. The van der Waals surface area contributed by atoms with Crippen LogP contribution in [0.2, 0.25) is 0 Å². The van der Waals surface area contributed by atoms with Gasteiger partial charge in [-0.05, 0) is 39.7 Å². The van der Waals surface area contributed by atoms with Gasteiger partial charge in [-0.25, -0.2) is 0 Å². The van der Waals surface area contributed by atoms with Crippen LogP contribution in [0.1, 0.15) is 73.1 Å². The highest BCUT2D eigenvalue weighted by Gasteiger charge is 2.40. The molecule has 2 heteroatoms. The molecule has 0 spiro atoms. The van der Waals surface area contributed by atoms with Crippen molar-refractivity contribution in [1.29, 1.82) is 0 Å². The van der Waals surface area contributed by atoms with E-state index in [1.165, 1.54) is 51.6 Å². The van der Waals surface area contributed by atoms with Crippen molar-refractivity contribution in [1.82, 2.24) is 10.2 Å². The summed E-state index contributed by atoms with van der Waals surface area (Å²) in [5.74, 6) is 0. The highest BCUT2D eigenvalue weighted by Crippen LogP contribution is 2.28. The maximum absolute atomic E-state index is 3.78. The first-order valence-corrected chi connectivity index (χ1v) is 8.00. The maximum atomic E-state index is 3.78. The van der Waals surface area contributed by atoms with Crippen LogP contribution in [0.5, 0.6) is 0 Å². The molecule has 1 N–H and O–H groups in total. The van der Waals surface area contributed by atoms with E-state index in [9.17, 15) is 0 Å². The van der Waals surface area contributed by atoms with Gasteiger partial charge in [0.1, 0.15) is 0 Å². The van der Waals surface area contributed by atoms with Crippen molar-refractivity contribution in [2.45, 2.75) is 84.2 Å². The number of nitrogens with one attached hydrogen (secondary N) is 1. The van der Waals surface area contributed by atoms with E-state index in [-0.39, 0.29) is 0 Å². The molecule has 1 aliphatic rings. The van der Waals surface area contributed by atoms with Crippen LogP contribution in [0.3, 0.4) is 0 Å². The molecule has 0 aromatic heterocycles. The lowest BCUT2D eigenvalue weighted by molar-refractivity contribution is 0.0158. The van der Waals surface area contributed by atoms with Crippen LogP contribution in [-0.4, -0.2) is 35.6 Å². The Balaban J connectivity index is 2.56. The van der Waals surface area contributed by atoms with Gasteiger partial charge in [-0.3, -0.25) is 4.90 Å². The SMILES string of the molecule is CCCCCCN1CC(C)(CC)NCC1(C)CC. The van der Waals surface area contributed by atoms with Crippen LogP contribution in [0.15, 0.2) is 0 Å². The smallest absolute Gasteiger partial charge is 0.0304 e. The standard InChI is InChI=1S/C16H34N2/c1-6-9-10-11-12-18-14-15(4,7-2)17-13-16(18,5)8-3/h17H,6-14H2,1-5H3. The average Bonchev–Trinajstić information content (AvgIpc) is 2.39. The van der Waals surface area contributed by atoms with Gasteiger partial charge < -0.3 is 5.32 Å². The molecule has 1 rings (SSSR count). The molecule has 0 bridgehead atoms. The molecule has 18 heavy (non-hydrogen) atoms. The van der Waals surface area contributed by atoms with E-state index in [0.29, 0.717) is 11.1 Å². The van der Waals surface area contributed by atoms with Crippen molar-refractivity contribution in [2.24, 2.45) is 0 Å². The first kappa shape index (κ1) is 16.0. The Hall–Kier alpha value is -0.0800. The van der Waals surface area contributed by atoms with E-state index >= 15 is 0 Å². The lowest BCUT2D eigenvalue weighted by Crippen LogP contribution is -2.67. The van der Waals surface area contributed by atoms with Gasteiger partial charge in [0.2, 0.25) is 0 Å². The molecule has 0 saturated carbocycles. The largest absolute Gasteiger partial charge is 0.308 e. The van der Waals surface area contributed by atoms with Gasteiger partial charge in [-0.2, -0.15) is 0 Å². The number of hydrogen-bond acceptors (Lipinski definition) is 2. The van der Waals surface area contributed by atoms with Gasteiger partial charge in [0, 0.05) is 24.2 Å². The Morgan fingerprint density at radius 2 is 1.72 bits per heavy atom. The average molecular weight is 254 g/mol. The van der Waals surface area contributed by atoms with E-state index in [4.69, 9.17) is 0 Å². The third kappa shape index (κ3) is 3.96. The van der Waals surface area contributed by atoms with Crippen molar-refractivity contribution in [3.8, 4) is 0 Å². The zero-order valence-corrected chi connectivity index (χ0v) is 13.3. The van der Waals surface area contributed by atoms with Crippen molar-refractivity contribution < 1.29 is 0 Å². The summed E-state index contributed by atoms with van der Waals surface area (Å²) in [4.78, 5) is 2.75. The van der Waals surface area contributed by atoms with Gasteiger partial charge in [-0.15, -0.1) is 0 Å². The Kier molecular flexibility index (Phi) is 6.13. The minimum Gasteiger partial charge on any atom is -0.308 e. The van der Waals surface area contributed by atoms with Crippen LogP contribution < -0.4 is 5.32 Å². The lowest BCUT2D eigenvalue weighted by Gasteiger charge is -2.52. The summed E-state index contributed by atoms with van der Waals surface area (Å²) in [6, 6.07) is 0. The second kappa shape index (κ2) is 6.91. The number of rotatable bonds is 7. The van der Waals surface area contributed by atoms with Crippen molar-refractivity contribution in [3.05, 3.63) is 0 Å². The number of hydrogen-bond donors (Lipinski definition) is 1. The van der Waals surface area contributed by atoms with Gasteiger partial charge in [0.15, 0.2) is 0 Å². The molecule has 0 radical (unpaired) electrons. The Morgan fingerprint density at radius 3 is 2.28 bits per heavy atom. The third-order valence-corrected chi connectivity index (χ3v) is 5.02. The van der Waals surface area contributed by atoms with Crippen LogP contribution in [0, 0.1) is 0 Å². The zero-order chi connectivity index (χ0) is 13.6. The highest BCUT2D eigenvalue weighted by molar-refractivity contribution is 5.00. The second-order valence-electron chi connectivity index (χ2n) is 6.60. The van der Waals surface area contributed by atoms with Gasteiger partial charge in [-0.1, -0.05) is 40.0 Å². The van der Waals surface area contributed by atoms with E-state index < -0.39 is 0 Å². The normalized spacial score (nSPS) is 33.8. The summed E-state index contributed by atoms with van der Waals surface area (Å²) in [5, 5.41) is 3.78. The summed E-state index contributed by atoms with van der Waals surface area (Å²) in [6.07, 6.45) is 7.94. The summed E-state index contributed by atoms with van der Waals surface area (Å²) in [5.41, 5.74) is 0.681. The number of unbranched alkanes of at least 4 members (excludes halogenated alkanes) is 3. The summed E-state index contributed by atoms with van der Waals surface area (Å²) < 4.78 is 0. The second-order valence-corrected chi connectivity index (χ2v) is 6.60. The molecule has 0 aliphatic carbocycles. The molecular formula is C16H34N2. The predicted octanol–water partition coefficient (Wildman–Crippen LogP) is 3.81. The maximum Gasteiger partial charge on any atom is 0.0304 e. The van der Waals surface area contributed by atoms with Crippen LogP contribution >= 0.6 is 0 Å². The quantitative estimate of drug-likeness (QED) is 0.695. The van der Waals surface area contributed by atoms with E-state index in [1.54, 1.807) is 0 Å².